The normalized spacial score (nSPS) is 13.3. The van der Waals surface area contributed by atoms with Gasteiger partial charge in [-0.25, -0.2) is 15.0 Å². The third kappa shape index (κ3) is 2.68. The summed E-state index contributed by atoms with van der Waals surface area (Å²) in [5.74, 6) is 1.66. The summed E-state index contributed by atoms with van der Waals surface area (Å²) in [6.45, 7) is 2.78. The molecule has 1 aliphatic carbocycles. The molecule has 5 rings (SSSR count). The average Bonchev–Trinajstić information content (AvgIpc) is 3.36. The maximum atomic E-state index is 4.88. The van der Waals surface area contributed by atoms with Crippen LogP contribution in [-0.2, 0) is 19.4 Å². The monoisotopic (exact) mass is 379 g/mol. The predicted molar refractivity (Wildman–Crippen MR) is 107 cm³/mol. The number of aromatic nitrogens is 4. The van der Waals surface area contributed by atoms with Crippen LogP contribution in [0.5, 0.6) is 0 Å². The van der Waals surface area contributed by atoms with Gasteiger partial charge in [0.15, 0.2) is 5.82 Å². The van der Waals surface area contributed by atoms with Gasteiger partial charge >= 0.3 is 0 Å². The number of hydrogen-bond donors (Lipinski definition) is 1. The van der Waals surface area contributed by atoms with Crippen molar-refractivity contribution < 1.29 is 0 Å². The van der Waals surface area contributed by atoms with Crippen molar-refractivity contribution in [3.63, 3.8) is 0 Å². The Labute approximate surface area is 159 Å². The van der Waals surface area contributed by atoms with Crippen molar-refractivity contribution in [3.05, 3.63) is 51.0 Å². The number of fused-ring (bicyclic) bond motifs is 3. The second kappa shape index (κ2) is 6.41. The molecule has 1 N–H and O–H groups in total. The van der Waals surface area contributed by atoms with E-state index in [1.54, 1.807) is 17.5 Å². The molecule has 5 nitrogen and oxygen atoms in total. The third-order valence-electron chi connectivity index (χ3n) is 4.75. The largest absolute Gasteiger partial charge is 0.364 e. The average molecular weight is 380 g/mol. The minimum atomic E-state index is 0.731. The molecule has 7 heteroatoms. The van der Waals surface area contributed by atoms with Gasteiger partial charge in [-0.3, -0.25) is 4.98 Å². The van der Waals surface area contributed by atoms with Gasteiger partial charge < -0.3 is 5.32 Å². The molecule has 26 heavy (non-hydrogen) atoms. The van der Waals surface area contributed by atoms with Gasteiger partial charge in [0.1, 0.15) is 10.6 Å². The van der Waals surface area contributed by atoms with Crippen molar-refractivity contribution in [2.45, 2.75) is 32.7 Å². The zero-order chi connectivity index (χ0) is 17.5. The van der Waals surface area contributed by atoms with E-state index >= 15 is 0 Å². The van der Waals surface area contributed by atoms with Crippen LogP contribution in [-0.4, -0.2) is 19.9 Å². The lowest BCUT2D eigenvalue weighted by Gasteiger charge is -2.10. The van der Waals surface area contributed by atoms with E-state index in [1.165, 1.54) is 27.1 Å². The number of anilines is 1. The molecule has 4 aromatic heterocycles. The molecule has 0 bridgehead atoms. The van der Waals surface area contributed by atoms with Crippen LogP contribution < -0.4 is 5.32 Å². The van der Waals surface area contributed by atoms with Crippen molar-refractivity contribution >= 4 is 38.7 Å². The summed E-state index contributed by atoms with van der Waals surface area (Å²) in [5, 5.41) is 4.77. The summed E-state index contributed by atoms with van der Waals surface area (Å²) in [4.78, 5) is 22.1. The molecule has 130 valence electrons. The number of thiophene rings is 1. The molecule has 0 aromatic carbocycles. The summed E-state index contributed by atoms with van der Waals surface area (Å²) < 4.78 is 0. The fourth-order valence-corrected chi connectivity index (χ4v) is 5.39. The number of pyridine rings is 1. The van der Waals surface area contributed by atoms with E-state index in [1.807, 2.05) is 42.1 Å². The fraction of sp³-hybridized carbons (Fsp3) is 0.263. The first-order chi connectivity index (χ1) is 12.8. The summed E-state index contributed by atoms with van der Waals surface area (Å²) in [6, 6.07) is 3.93. The number of thiazole rings is 1. The molecule has 0 radical (unpaired) electrons. The molecule has 4 aromatic rings. The summed E-state index contributed by atoms with van der Waals surface area (Å²) in [6.07, 6.45) is 7.10. The Kier molecular flexibility index (Phi) is 3.90. The molecule has 0 atom stereocenters. The fourth-order valence-electron chi connectivity index (χ4n) is 3.41. The lowest BCUT2D eigenvalue weighted by atomic mass is 10.1. The van der Waals surface area contributed by atoms with Gasteiger partial charge in [-0.2, -0.15) is 0 Å². The third-order valence-corrected chi connectivity index (χ3v) is 6.87. The maximum Gasteiger partial charge on any atom is 0.164 e. The van der Waals surface area contributed by atoms with Gasteiger partial charge in [0.05, 0.1) is 23.1 Å². The van der Waals surface area contributed by atoms with Crippen LogP contribution in [0, 0.1) is 6.92 Å². The van der Waals surface area contributed by atoms with Crippen molar-refractivity contribution in [2.24, 2.45) is 0 Å². The van der Waals surface area contributed by atoms with Gasteiger partial charge in [0.25, 0.3) is 0 Å². The van der Waals surface area contributed by atoms with Crippen molar-refractivity contribution in [3.8, 4) is 11.4 Å². The van der Waals surface area contributed by atoms with E-state index in [0.29, 0.717) is 0 Å². The highest BCUT2D eigenvalue weighted by Crippen LogP contribution is 2.40. The Hall–Kier alpha value is -2.38. The Balaban J connectivity index is 1.62. The van der Waals surface area contributed by atoms with Crippen molar-refractivity contribution in [2.75, 3.05) is 5.32 Å². The number of rotatable bonds is 4. The van der Waals surface area contributed by atoms with Crippen LogP contribution in [0.4, 0.5) is 5.82 Å². The molecule has 0 saturated heterocycles. The molecule has 1 aliphatic rings. The predicted octanol–water partition coefficient (Wildman–Crippen LogP) is 4.62. The van der Waals surface area contributed by atoms with Crippen LogP contribution in [0.1, 0.15) is 27.4 Å². The second-order valence-electron chi connectivity index (χ2n) is 6.39. The van der Waals surface area contributed by atoms with Crippen LogP contribution >= 0.6 is 22.7 Å². The molecule has 0 amide bonds. The van der Waals surface area contributed by atoms with E-state index in [4.69, 9.17) is 9.97 Å². The lowest BCUT2D eigenvalue weighted by Crippen LogP contribution is -2.04. The highest BCUT2D eigenvalue weighted by Gasteiger charge is 2.22. The van der Waals surface area contributed by atoms with E-state index in [0.717, 1.165) is 47.1 Å². The van der Waals surface area contributed by atoms with Crippen LogP contribution in [0.2, 0.25) is 0 Å². The first-order valence-electron chi connectivity index (χ1n) is 8.65. The zero-order valence-corrected chi connectivity index (χ0v) is 16.0. The minimum absolute atomic E-state index is 0.731. The summed E-state index contributed by atoms with van der Waals surface area (Å²) in [5.41, 5.74) is 5.35. The lowest BCUT2D eigenvalue weighted by molar-refractivity contribution is 0.917. The Morgan fingerprint density at radius 2 is 2.19 bits per heavy atom. The first kappa shape index (κ1) is 15.8. The zero-order valence-electron chi connectivity index (χ0n) is 14.3. The van der Waals surface area contributed by atoms with Crippen molar-refractivity contribution in [1.82, 2.24) is 19.9 Å². The van der Waals surface area contributed by atoms with Crippen LogP contribution in [0.25, 0.3) is 21.6 Å². The molecule has 0 saturated carbocycles. The van der Waals surface area contributed by atoms with Gasteiger partial charge in [-0.15, -0.1) is 22.7 Å². The summed E-state index contributed by atoms with van der Waals surface area (Å²) in [7, 11) is 0. The van der Waals surface area contributed by atoms with Crippen LogP contribution in [0.15, 0.2) is 30.0 Å². The highest BCUT2D eigenvalue weighted by molar-refractivity contribution is 7.19. The molecule has 0 aliphatic heterocycles. The van der Waals surface area contributed by atoms with Gasteiger partial charge in [-0.05, 0) is 43.9 Å². The quantitative estimate of drug-likeness (QED) is 0.560. The van der Waals surface area contributed by atoms with Crippen LogP contribution in [0.3, 0.4) is 0 Å². The number of nitrogens with one attached hydrogen (secondary N) is 1. The van der Waals surface area contributed by atoms with E-state index in [2.05, 4.69) is 15.3 Å². The molecular weight excluding hydrogens is 362 g/mol. The number of nitrogens with zero attached hydrogens (tertiary/aromatic N) is 4. The number of aryl methyl sites for hydroxylation is 3. The number of hydrogen-bond acceptors (Lipinski definition) is 7. The molecule has 0 fully saturated rings. The van der Waals surface area contributed by atoms with Gasteiger partial charge in [0, 0.05) is 27.7 Å². The maximum absolute atomic E-state index is 4.88. The Morgan fingerprint density at radius 1 is 1.23 bits per heavy atom. The minimum Gasteiger partial charge on any atom is -0.364 e. The van der Waals surface area contributed by atoms with Gasteiger partial charge in [-0.1, -0.05) is 0 Å². The molecular formula is C19H17N5S2. The SMILES string of the molecule is Cc1ncsc1CNc1nc(-c2cccnc2)nc2sc3c(c12)CCC3. The van der Waals surface area contributed by atoms with Crippen molar-refractivity contribution in [1.29, 1.82) is 0 Å². The molecule has 0 spiro atoms. The smallest absolute Gasteiger partial charge is 0.164 e. The first-order valence-corrected chi connectivity index (χ1v) is 10.3. The van der Waals surface area contributed by atoms with Gasteiger partial charge in [0.2, 0.25) is 0 Å². The molecule has 0 unspecified atom stereocenters. The van der Waals surface area contributed by atoms with E-state index < -0.39 is 0 Å². The molecule has 4 heterocycles. The Bertz CT molecular complexity index is 1080. The highest BCUT2D eigenvalue weighted by atomic mass is 32.1. The summed E-state index contributed by atoms with van der Waals surface area (Å²) >= 11 is 3.49. The second-order valence-corrected chi connectivity index (χ2v) is 8.41. The topological polar surface area (TPSA) is 63.6 Å². The van der Waals surface area contributed by atoms with E-state index in [9.17, 15) is 0 Å². The standard InChI is InChI=1S/C19H17N5S2/c1-11-15(25-10-22-11)9-21-18-16-13-5-2-6-14(13)26-19(16)24-17(23-18)12-4-3-7-20-8-12/h3-4,7-8,10H,2,5-6,9H2,1H3,(H,21,23,24). The van der Waals surface area contributed by atoms with E-state index in [-0.39, 0.29) is 0 Å². The Morgan fingerprint density at radius 3 is 3.00 bits per heavy atom.